The van der Waals surface area contributed by atoms with Crippen LogP contribution in [0.3, 0.4) is 0 Å². The van der Waals surface area contributed by atoms with Gasteiger partial charge in [-0.1, -0.05) is 23.4 Å². The molecular weight excluding hydrogens is 381 g/mol. The lowest BCUT2D eigenvalue weighted by Crippen LogP contribution is -2.46. The molecule has 1 aromatic carbocycles. The van der Waals surface area contributed by atoms with E-state index in [1.165, 1.54) is 23.0 Å². The van der Waals surface area contributed by atoms with Crippen LogP contribution in [0.5, 0.6) is 0 Å². The van der Waals surface area contributed by atoms with E-state index in [0.29, 0.717) is 32.5 Å². The van der Waals surface area contributed by atoms with Crippen molar-refractivity contribution in [1.82, 2.24) is 25.2 Å². The van der Waals surface area contributed by atoms with Crippen LogP contribution in [0.25, 0.3) is 0 Å². The SMILES string of the molecule is CCOC(=O)N1CCC(NC(=O)c2cn(C[C@H](O)c3ccccc3F)nn2)CC1. The summed E-state index contributed by atoms with van der Waals surface area (Å²) in [4.78, 5) is 25.7. The van der Waals surface area contributed by atoms with E-state index in [2.05, 4.69) is 15.6 Å². The topological polar surface area (TPSA) is 110 Å². The third-order valence-electron chi connectivity index (χ3n) is 4.75. The molecule has 0 unspecified atom stereocenters. The van der Waals surface area contributed by atoms with E-state index >= 15 is 0 Å². The summed E-state index contributed by atoms with van der Waals surface area (Å²) in [5.74, 6) is -0.890. The molecule has 0 radical (unpaired) electrons. The zero-order chi connectivity index (χ0) is 20.8. The second-order valence-electron chi connectivity index (χ2n) is 6.80. The number of nitrogens with zero attached hydrogens (tertiary/aromatic N) is 4. The minimum absolute atomic E-state index is 0.0286. The first-order valence-corrected chi connectivity index (χ1v) is 9.53. The summed E-state index contributed by atoms with van der Waals surface area (Å²) in [5.41, 5.74) is 0.265. The molecule has 0 saturated carbocycles. The minimum Gasteiger partial charge on any atom is -0.450 e. The van der Waals surface area contributed by atoms with Crippen molar-refractivity contribution in [3.05, 3.63) is 47.5 Å². The molecule has 1 aliphatic heterocycles. The predicted molar refractivity (Wildman–Crippen MR) is 100 cm³/mol. The first kappa shape index (κ1) is 20.7. The number of halogens is 1. The number of aliphatic hydroxyl groups excluding tert-OH is 1. The van der Waals surface area contributed by atoms with Gasteiger partial charge in [-0.3, -0.25) is 4.79 Å². The van der Waals surface area contributed by atoms with Crippen LogP contribution in [0, 0.1) is 5.82 Å². The summed E-state index contributed by atoms with van der Waals surface area (Å²) in [6.07, 6.45) is 1.19. The van der Waals surface area contributed by atoms with Crippen LogP contribution in [0.15, 0.2) is 30.5 Å². The summed E-state index contributed by atoms with van der Waals surface area (Å²) >= 11 is 0. The Balaban J connectivity index is 1.51. The first-order chi connectivity index (χ1) is 14.0. The van der Waals surface area contributed by atoms with Gasteiger partial charge in [-0.05, 0) is 25.8 Å². The Kier molecular flexibility index (Phi) is 6.76. The molecule has 3 rings (SSSR count). The van der Waals surface area contributed by atoms with Crippen LogP contribution >= 0.6 is 0 Å². The second kappa shape index (κ2) is 9.46. The quantitative estimate of drug-likeness (QED) is 0.754. The molecule has 10 heteroatoms. The summed E-state index contributed by atoms with van der Waals surface area (Å²) in [6.45, 7) is 3.07. The van der Waals surface area contributed by atoms with Gasteiger partial charge < -0.3 is 20.1 Å². The highest BCUT2D eigenvalue weighted by Crippen LogP contribution is 2.18. The van der Waals surface area contributed by atoms with Crippen LogP contribution in [-0.4, -0.2) is 62.7 Å². The highest BCUT2D eigenvalue weighted by Gasteiger charge is 2.25. The van der Waals surface area contributed by atoms with Gasteiger partial charge in [0, 0.05) is 24.7 Å². The van der Waals surface area contributed by atoms with Crippen molar-refractivity contribution in [2.75, 3.05) is 19.7 Å². The van der Waals surface area contributed by atoms with Crippen molar-refractivity contribution in [3.63, 3.8) is 0 Å². The van der Waals surface area contributed by atoms with Gasteiger partial charge in [0.2, 0.25) is 0 Å². The third-order valence-corrected chi connectivity index (χ3v) is 4.75. The number of ether oxygens (including phenoxy) is 1. The van der Waals surface area contributed by atoms with Gasteiger partial charge in [0.15, 0.2) is 5.69 Å². The Morgan fingerprint density at radius 1 is 1.34 bits per heavy atom. The molecule has 1 aliphatic rings. The number of aromatic nitrogens is 3. The van der Waals surface area contributed by atoms with Crippen molar-refractivity contribution in [1.29, 1.82) is 0 Å². The molecular formula is C19H24FN5O4. The molecule has 9 nitrogen and oxygen atoms in total. The molecule has 2 heterocycles. The number of aliphatic hydroxyl groups is 1. The molecule has 0 bridgehead atoms. The largest absolute Gasteiger partial charge is 0.450 e. The average Bonchev–Trinajstić information content (AvgIpc) is 3.17. The van der Waals surface area contributed by atoms with Gasteiger partial charge in [-0.15, -0.1) is 5.10 Å². The Labute approximate surface area is 167 Å². The van der Waals surface area contributed by atoms with E-state index in [9.17, 15) is 19.1 Å². The van der Waals surface area contributed by atoms with E-state index in [1.54, 1.807) is 24.0 Å². The van der Waals surface area contributed by atoms with Gasteiger partial charge in [0.25, 0.3) is 5.91 Å². The van der Waals surface area contributed by atoms with Crippen LogP contribution in [0.4, 0.5) is 9.18 Å². The molecule has 0 spiro atoms. The lowest BCUT2D eigenvalue weighted by molar-refractivity contribution is 0.0856. The molecule has 0 aliphatic carbocycles. The lowest BCUT2D eigenvalue weighted by atomic mass is 10.1. The highest BCUT2D eigenvalue weighted by atomic mass is 19.1. The fourth-order valence-electron chi connectivity index (χ4n) is 3.19. The monoisotopic (exact) mass is 405 g/mol. The number of nitrogens with one attached hydrogen (secondary N) is 1. The van der Waals surface area contributed by atoms with Crippen molar-refractivity contribution < 1.29 is 23.8 Å². The molecule has 2 N–H and O–H groups in total. The zero-order valence-electron chi connectivity index (χ0n) is 16.1. The number of benzene rings is 1. The lowest BCUT2D eigenvalue weighted by Gasteiger charge is -2.31. The van der Waals surface area contributed by atoms with Gasteiger partial charge >= 0.3 is 6.09 Å². The number of rotatable bonds is 6. The maximum absolute atomic E-state index is 13.8. The van der Waals surface area contributed by atoms with Crippen molar-refractivity contribution in [3.8, 4) is 0 Å². The standard InChI is InChI=1S/C19H24FN5O4/c1-2-29-19(28)24-9-7-13(8-10-24)21-18(27)16-11-25(23-22-16)12-17(26)14-5-3-4-6-15(14)20/h3-6,11,13,17,26H,2,7-10,12H2,1H3,(H,21,27)/t17-/m0/s1. The number of amides is 2. The zero-order valence-corrected chi connectivity index (χ0v) is 16.1. The van der Waals surface area contributed by atoms with Crippen LogP contribution < -0.4 is 5.32 Å². The van der Waals surface area contributed by atoms with Crippen LogP contribution in [0.2, 0.25) is 0 Å². The number of likely N-dealkylation sites (tertiary alicyclic amines) is 1. The molecule has 156 valence electrons. The molecule has 1 aromatic heterocycles. The summed E-state index contributed by atoms with van der Waals surface area (Å²) in [7, 11) is 0. The van der Waals surface area contributed by atoms with Crippen LogP contribution in [0.1, 0.15) is 41.9 Å². The summed E-state index contributed by atoms with van der Waals surface area (Å²) in [5, 5.41) is 20.7. The maximum Gasteiger partial charge on any atom is 0.409 e. The van der Waals surface area contributed by atoms with E-state index in [0.717, 1.165) is 0 Å². The average molecular weight is 405 g/mol. The number of hydrogen-bond donors (Lipinski definition) is 2. The predicted octanol–water partition coefficient (Wildman–Crippen LogP) is 1.50. The summed E-state index contributed by atoms with van der Waals surface area (Å²) in [6, 6.07) is 5.86. The van der Waals surface area contributed by atoms with Gasteiger partial charge in [-0.25, -0.2) is 13.9 Å². The van der Waals surface area contributed by atoms with Gasteiger partial charge in [-0.2, -0.15) is 0 Å². The van der Waals surface area contributed by atoms with Crippen molar-refractivity contribution >= 4 is 12.0 Å². The number of carbonyl (C=O) groups is 2. The van der Waals surface area contributed by atoms with Crippen molar-refractivity contribution in [2.24, 2.45) is 0 Å². The Morgan fingerprint density at radius 3 is 2.76 bits per heavy atom. The van der Waals surface area contributed by atoms with Gasteiger partial charge in [0.1, 0.15) is 11.9 Å². The molecule has 29 heavy (non-hydrogen) atoms. The van der Waals surface area contributed by atoms with Crippen LogP contribution in [-0.2, 0) is 11.3 Å². The molecule has 1 atom stereocenters. The fraction of sp³-hybridized carbons (Fsp3) is 0.474. The Morgan fingerprint density at radius 2 is 2.07 bits per heavy atom. The fourth-order valence-corrected chi connectivity index (χ4v) is 3.19. The van der Waals surface area contributed by atoms with Gasteiger partial charge in [0.05, 0.1) is 19.3 Å². The van der Waals surface area contributed by atoms with E-state index in [-0.39, 0.29) is 35.8 Å². The Bertz CT molecular complexity index is 851. The number of carbonyl (C=O) groups excluding carboxylic acids is 2. The smallest absolute Gasteiger partial charge is 0.409 e. The number of hydrogen-bond acceptors (Lipinski definition) is 6. The maximum atomic E-state index is 13.8. The normalized spacial score (nSPS) is 15.8. The van der Waals surface area contributed by atoms with E-state index in [1.807, 2.05) is 0 Å². The first-order valence-electron chi connectivity index (χ1n) is 9.53. The Hall–Kier alpha value is -3.01. The summed E-state index contributed by atoms with van der Waals surface area (Å²) < 4.78 is 20.0. The molecule has 1 saturated heterocycles. The molecule has 2 aromatic rings. The van der Waals surface area contributed by atoms with Crippen molar-refractivity contribution in [2.45, 2.75) is 38.5 Å². The number of piperidine rings is 1. The van der Waals surface area contributed by atoms with E-state index < -0.39 is 11.9 Å². The second-order valence-corrected chi connectivity index (χ2v) is 6.80. The minimum atomic E-state index is -1.11. The van der Waals surface area contributed by atoms with E-state index in [4.69, 9.17) is 4.74 Å². The highest BCUT2D eigenvalue weighted by molar-refractivity contribution is 5.92. The third kappa shape index (κ3) is 5.29. The molecule has 2 amide bonds. The molecule has 1 fully saturated rings.